The van der Waals surface area contributed by atoms with Crippen molar-refractivity contribution in [2.24, 2.45) is 5.73 Å². The van der Waals surface area contributed by atoms with Gasteiger partial charge in [0.2, 0.25) is 0 Å². The second kappa shape index (κ2) is 5.68. The first kappa shape index (κ1) is 11.1. The number of hydrogen-bond donors (Lipinski definition) is 1. The molecule has 0 atom stereocenters. The number of nitrogens with two attached hydrogens (primary N) is 1. The molecule has 0 aliphatic heterocycles. The van der Waals surface area contributed by atoms with Crippen LogP contribution in [0.25, 0.3) is 6.08 Å². The lowest BCUT2D eigenvalue weighted by Crippen LogP contribution is -1.94. The predicted molar refractivity (Wildman–Crippen MR) is 60.7 cm³/mol. The van der Waals surface area contributed by atoms with Gasteiger partial charge in [0.15, 0.2) is 0 Å². The highest BCUT2D eigenvalue weighted by atomic mass is 35.5. The number of ether oxygens (including phenoxy) is 1. The van der Waals surface area contributed by atoms with E-state index in [1.54, 1.807) is 7.11 Å². The zero-order chi connectivity index (χ0) is 10.4. The zero-order valence-electron chi connectivity index (χ0n) is 8.16. The number of rotatable bonds is 4. The Labute approximate surface area is 89.3 Å². The van der Waals surface area contributed by atoms with E-state index in [1.165, 1.54) is 0 Å². The Kier molecular flexibility index (Phi) is 4.50. The number of halogens is 1. The maximum Gasteiger partial charge on any atom is 0.137 e. The molecule has 2 nitrogen and oxygen atoms in total. The fourth-order valence-electron chi connectivity index (χ4n) is 1.10. The summed E-state index contributed by atoms with van der Waals surface area (Å²) in [5.74, 6) is 0.697. The maximum atomic E-state index is 5.96. The van der Waals surface area contributed by atoms with E-state index in [2.05, 4.69) is 0 Å². The van der Waals surface area contributed by atoms with Gasteiger partial charge in [-0.05, 0) is 30.7 Å². The topological polar surface area (TPSA) is 35.2 Å². The molecule has 3 heteroatoms. The summed E-state index contributed by atoms with van der Waals surface area (Å²) in [4.78, 5) is 0. The molecule has 0 heterocycles. The van der Waals surface area contributed by atoms with E-state index in [-0.39, 0.29) is 0 Å². The SMILES string of the molecule is COc1ccc(/C=C/CCN)cc1Cl. The van der Waals surface area contributed by atoms with Gasteiger partial charge in [-0.15, -0.1) is 0 Å². The lowest BCUT2D eigenvalue weighted by Gasteiger charge is -2.02. The molecule has 0 amide bonds. The molecule has 0 saturated heterocycles. The predicted octanol–water partition coefficient (Wildman–Crippen LogP) is 2.71. The summed E-state index contributed by atoms with van der Waals surface area (Å²) in [6.07, 6.45) is 4.90. The molecule has 0 saturated carbocycles. The van der Waals surface area contributed by atoms with E-state index in [0.717, 1.165) is 12.0 Å². The second-order valence-electron chi connectivity index (χ2n) is 2.87. The Hall–Kier alpha value is -0.990. The Morgan fingerprint density at radius 2 is 2.29 bits per heavy atom. The van der Waals surface area contributed by atoms with Crippen LogP contribution in [0.2, 0.25) is 5.02 Å². The monoisotopic (exact) mass is 211 g/mol. The quantitative estimate of drug-likeness (QED) is 0.831. The summed E-state index contributed by atoms with van der Waals surface area (Å²) in [5, 5.41) is 0.627. The van der Waals surface area contributed by atoms with Gasteiger partial charge in [-0.2, -0.15) is 0 Å². The van der Waals surface area contributed by atoms with Gasteiger partial charge in [0.05, 0.1) is 12.1 Å². The van der Waals surface area contributed by atoms with Crippen LogP contribution >= 0.6 is 11.6 Å². The normalized spacial score (nSPS) is 10.8. The van der Waals surface area contributed by atoms with E-state index >= 15 is 0 Å². The standard InChI is InChI=1S/C11H14ClNO/c1-14-11-6-5-9(8-10(11)12)4-2-3-7-13/h2,4-6,8H,3,7,13H2,1H3/b4-2+. The molecular formula is C11H14ClNO. The summed E-state index contributed by atoms with van der Waals surface area (Å²) in [6, 6.07) is 5.68. The fourth-order valence-corrected chi connectivity index (χ4v) is 1.37. The Balaban J connectivity index is 2.76. The molecule has 1 aromatic rings. The zero-order valence-corrected chi connectivity index (χ0v) is 8.92. The van der Waals surface area contributed by atoms with Crippen LogP contribution in [-0.2, 0) is 0 Å². The van der Waals surface area contributed by atoms with Crippen LogP contribution in [0, 0.1) is 0 Å². The molecule has 14 heavy (non-hydrogen) atoms. The van der Waals surface area contributed by atoms with Crippen molar-refractivity contribution in [3.63, 3.8) is 0 Å². The average molecular weight is 212 g/mol. The first-order valence-corrected chi connectivity index (χ1v) is 4.86. The number of benzene rings is 1. The van der Waals surface area contributed by atoms with Gasteiger partial charge >= 0.3 is 0 Å². The first-order valence-electron chi connectivity index (χ1n) is 4.48. The molecule has 0 aliphatic rings. The van der Waals surface area contributed by atoms with Crippen molar-refractivity contribution < 1.29 is 4.74 Å². The minimum Gasteiger partial charge on any atom is -0.495 e. The molecule has 0 bridgehead atoms. The molecule has 76 valence electrons. The van der Waals surface area contributed by atoms with E-state index in [4.69, 9.17) is 22.1 Å². The van der Waals surface area contributed by atoms with Crippen LogP contribution in [0.5, 0.6) is 5.75 Å². The summed E-state index contributed by atoms with van der Waals surface area (Å²) in [5.41, 5.74) is 6.43. The van der Waals surface area contributed by atoms with Gasteiger partial charge in [0.1, 0.15) is 5.75 Å². The third kappa shape index (κ3) is 3.05. The van der Waals surface area contributed by atoms with Gasteiger partial charge in [0.25, 0.3) is 0 Å². The van der Waals surface area contributed by atoms with Gasteiger partial charge in [-0.1, -0.05) is 29.8 Å². The van der Waals surface area contributed by atoms with E-state index in [1.807, 2.05) is 30.4 Å². The summed E-state index contributed by atoms with van der Waals surface area (Å²) >= 11 is 5.96. The molecule has 0 fully saturated rings. The van der Waals surface area contributed by atoms with Gasteiger partial charge in [-0.25, -0.2) is 0 Å². The first-order chi connectivity index (χ1) is 6.77. The largest absolute Gasteiger partial charge is 0.495 e. The van der Waals surface area contributed by atoms with Crippen molar-refractivity contribution in [2.45, 2.75) is 6.42 Å². The van der Waals surface area contributed by atoms with E-state index < -0.39 is 0 Å². The highest BCUT2D eigenvalue weighted by molar-refractivity contribution is 6.32. The Morgan fingerprint density at radius 1 is 1.50 bits per heavy atom. The molecule has 0 aliphatic carbocycles. The molecule has 0 unspecified atom stereocenters. The maximum absolute atomic E-state index is 5.96. The van der Waals surface area contributed by atoms with Crippen molar-refractivity contribution in [3.05, 3.63) is 34.9 Å². The molecule has 0 radical (unpaired) electrons. The highest BCUT2D eigenvalue weighted by Gasteiger charge is 1.98. The van der Waals surface area contributed by atoms with Crippen molar-refractivity contribution in [3.8, 4) is 5.75 Å². The van der Waals surface area contributed by atoms with Crippen LogP contribution in [-0.4, -0.2) is 13.7 Å². The summed E-state index contributed by atoms with van der Waals surface area (Å²) in [6.45, 7) is 0.667. The van der Waals surface area contributed by atoms with Crippen LogP contribution in [0.1, 0.15) is 12.0 Å². The van der Waals surface area contributed by atoms with Gasteiger partial charge in [0, 0.05) is 0 Å². The van der Waals surface area contributed by atoms with Gasteiger partial charge in [-0.3, -0.25) is 0 Å². The molecule has 1 aromatic carbocycles. The fraction of sp³-hybridized carbons (Fsp3) is 0.273. The Bertz CT molecular complexity index is 323. The van der Waals surface area contributed by atoms with Gasteiger partial charge < -0.3 is 10.5 Å². The van der Waals surface area contributed by atoms with E-state index in [0.29, 0.717) is 17.3 Å². The molecule has 0 aromatic heterocycles. The van der Waals surface area contributed by atoms with Crippen LogP contribution in [0.15, 0.2) is 24.3 Å². The smallest absolute Gasteiger partial charge is 0.137 e. The van der Waals surface area contributed by atoms with E-state index in [9.17, 15) is 0 Å². The van der Waals surface area contributed by atoms with Crippen LogP contribution in [0.3, 0.4) is 0 Å². The Morgan fingerprint density at radius 3 is 2.86 bits per heavy atom. The third-order valence-electron chi connectivity index (χ3n) is 1.82. The lowest BCUT2D eigenvalue weighted by atomic mass is 10.2. The lowest BCUT2D eigenvalue weighted by molar-refractivity contribution is 0.415. The van der Waals surface area contributed by atoms with Crippen molar-refractivity contribution in [1.82, 2.24) is 0 Å². The number of hydrogen-bond acceptors (Lipinski definition) is 2. The minimum absolute atomic E-state index is 0.627. The highest BCUT2D eigenvalue weighted by Crippen LogP contribution is 2.25. The molecule has 0 spiro atoms. The van der Waals surface area contributed by atoms with Crippen LogP contribution in [0.4, 0.5) is 0 Å². The third-order valence-corrected chi connectivity index (χ3v) is 2.11. The number of methoxy groups -OCH3 is 1. The summed E-state index contributed by atoms with van der Waals surface area (Å²) in [7, 11) is 1.60. The van der Waals surface area contributed by atoms with Crippen LogP contribution < -0.4 is 10.5 Å². The minimum atomic E-state index is 0.627. The second-order valence-corrected chi connectivity index (χ2v) is 3.28. The summed E-state index contributed by atoms with van der Waals surface area (Å²) < 4.78 is 5.05. The van der Waals surface area contributed by atoms with Crippen molar-refractivity contribution in [1.29, 1.82) is 0 Å². The average Bonchev–Trinajstić information content (AvgIpc) is 2.18. The van der Waals surface area contributed by atoms with Crippen molar-refractivity contribution in [2.75, 3.05) is 13.7 Å². The molecule has 1 rings (SSSR count). The van der Waals surface area contributed by atoms with Crippen molar-refractivity contribution >= 4 is 17.7 Å². The molecule has 2 N–H and O–H groups in total. The molecular weight excluding hydrogens is 198 g/mol.